The van der Waals surface area contributed by atoms with Crippen LogP contribution in [-0.2, 0) is 16.2 Å². The lowest BCUT2D eigenvalue weighted by Gasteiger charge is -2.52. The van der Waals surface area contributed by atoms with Gasteiger partial charge in [-0.2, -0.15) is 11.6 Å². The van der Waals surface area contributed by atoms with Crippen LogP contribution in [0, 0.1) is 27.8 Å². The Morgan fingerprint density at radius 2 is 1.11 bits per heavy atom. The molecule has 0 saturated heterocycles. The average Bonchev–Trinajstić information content (AvgIpc) is 2.72. The molecule has 0 bridgehead atoms. The molecule has 3 unspecified atom stereocenters. The Kier molecular flexibility index (Phi) is 9.91. The van der Waals surface area contributed by atoms with Gasteiger partial charge in [-0.3, -0.25) is 0 Å². The lowest BCUT2D eigenvalue weighted by molar-refractivity contribution is 0.306. The van der Waals surface area contributed by atoms with E-state index in [2.05, 4.69) is 169 Å². The zero-order chi connectivity index (χ0) is 34.4. The third kappa shape index (κ3) is 7.74. The molecular formula is C41H70P2Si. The van der Waals surface area contributed by atoms with Crippen LogP contribution < -0.4 is 5.30 Å². The van der Waals surface area contributed by atoms with Gasteiger partial charge in [-0.05, 0) is 66.1 Å². The van der Waals surface area contributed by atoms with E-state index in [0.717, 1.165) is 0 Å². The Balaban J connectivity index is 2.46. The van der Waals surface area contributed by atoms with Crippen LogP contribution in [0.4, 0.5) is 0 Å². The van der Waals surface area contributed by atoms with Crippen molar-refractivity contribution in [1.29, 1.82) is 0 Å². The van der Waals surface area contributed by atoms with Crippen LogP contribution in [0.15, 0.2) is 35.4 Å². The van der Waals surface area contributed by atoms with Crippen molar-refractivity contribution in [3.8, 4) is 0 Å². The molecule has 0 N–H and O–H groups in total. The molecule has 1 aromatic rings. The van der Waals surface area contributed by atoms with E-state index in [0.29, 0.717) is 5.92 Å². The molecule has 44 heavy (non-hydrogen) atoms. The van der Waals surface area contributed by atoms with Crippen molar-refractivity contribution < 1.29 is 0 Å². The molecule has 1 aliphatic carbocycles. The Morgan fingerprint density at radius 3 is 1.43 bits per heavy atom. The van der Waals surface area contributed by atoms with Crippen LogP contribution >= 0.6 is 15.5 Å². The molecule has 3 atom stereocenters. The number of hydrogen-bond donors (Lipinski definition) is 0. The van der Waals surface area contributed by atoms with Gasteiger partial charge < -0.3 is 0 Å². The average molecular weight is 653 g/mol. The van der Waals surface area contributed by atoms with E-state index in [-0.39, 0.29) is 48.0 Å². The summed E-state index contributed by atoms with van der Waals surface area (Å²) >= 11 is 0. The fourth-order valence-electron chi connectivity index (χ4n) is 6.77. The molecule has 0 aromatic heterocycles. The lowest BCUT2D eigenvalue weighted by atomic mass is 9.66. The molecule has 0 amide bonds. The van der Waals surface area contributed by atoms with Gasteiger partial charge in [0, 0.05) is 15.5 Å². The molecule has 0 fully saturated rings. The van der Waals surface area contributed by atoms with E-state index < -0.39 is 8.07 Å². The van der Waals surface area contributed by atoms with E-state index in [4.69, 9.17) is 0 Å². The van der Waals surface area contributed by atoms with Gasteiger partial charge in [-0.15, -0.1) is 11.6 Å². The first-order valence-corrected chi connectivity index (χ1v) is 23.8. The monoisotopic (exact) mass is 652 g/mol. The molecule has 0 spiro atoms. The van der Waals surface area contributed by atoms with E-state index in [1.165, 1.54) is 17.0 Å². The normalized spacial score (nSPS) is 22.2. The Labute approximate surface area is 278 Å². The number of allylic oxidation sites excluding steroid dienone is 4. The van der Waals surface area contributed by atoms with Gasteiger partial charge in [0.1, 0.15) is 14.0 Å². The maximum atomic E-state index is 2.70. The first-order valence-electron chi connectivity index (χ1n) is 17.2. The van der Waals surface area contributed by atoms with Crippen LogP contribution in [0.25, 0.3) is 0 Å². The molecule has 3 heteroatoms. The summed E-state index contributed by atoms with van der Waals surface area (Å²) in [6.07, 6.45) is 5.34. The minimum absolute atomic E-state index is 0.106. The molecule has 248 valence electrons. The van der Waals surface area contributed by atoms with Gasteiger partial charge in [0.15, 0.2) is 0 Å². The molecule has 3 rings (SSSR count). The zero-order valence-electron chi connectivity index (χ0n) is 33.0. The Hall–Kier alpha value is -0.613. The van der Waals surface area contributed by atoms with Gasteiger partial charge in [0.05, 0.1) is 4.66 Å². The third-order valence-corrected chi connectivity index (χ3v) is 23.3. The maximum Gasteiger partial charge on any atom is 0.131 e. The smallest absolute Gasteiger partial charge is 0.131 e. The van der Waals surface area contributed by atoms with Crippen LogP contribution in [0.1, 0.15) is 141 Å². The quantitative estimate of drug-likeness (QED) is 0.173. The third-order valence-electron chi connectivity index (χ3n) is 9.44. The molecule has 1 aliphatic heterocycles. The molecule has 0 saturated carbocycles. The van der Waals surface area contributed by atoms with Crippen LogP contribution in [0.3, 0.4) is 0 Å². The van der Waals surface area contributed by atoms with Gasteiger partial charge >= 0.3 is 0 Å². The fourth-order valence-corrected chi connectivity index (χ4v) is 23.1. The number of rotatable bonds is 3. The Bertz CT molecular complexity index is 1320. The van der Waals surface area contributed by atoms with Gasteiger partial charge in [-0.1, -0.05) is 156 Å². The van der Waals surface area contributed by atoms with Gasteiger partial charge in [0.25, 0.3) is 0 Å². The predicted octanol–water partition coefficient (Wildman–Crippen LogP) is 13.3. The summed E-state index contributed by atoms with van der Waals surface area (Å²) in [4.78, 5) is 0. The van der Waals surface area contributed by atoms with E-state index in [9.17, 15) is 0 Å². The largest absolute Gasteiger partial charge is 0.199 e. The van der Waals surface area contributed by atoms with Crippen molar-refractivity contribution in [2.75, 3.05) is 5.90 Å². The summed E-state index contributed by atoms with van der Waals surface area (Å²) in [5.41, 5.74) is 10.5. The molecule has 1 heterocycles. The second-order valence-corrected chi connectivity index (χ2v) is 32.0. The summed E-state index contributed by atoms with van der Waals surface area (Å²) < 4.78 is 2.02. The van der Waals surface area contributed by atoms with Crippen molar-refractivity contribution >= 4 is 33.5 Å². The van der Waals surface area contributed by atoms with Gasteiger partial charge in [-0.25, -0.2) is 0 Å². The second-order valence-electron chi connectivity index (χ2n) is 21.2. The van der Waals surface area contributed by atoms with Crippen molar-refractivity contribution in [2.24, 2.45) is 22.2 Å². The zero-order valence-corrected chi connectivity index (χ0v) is 35.8. The SMILES string of the molecule is CC(C)(C)C1=CC(C(C)(C)C)[C-]([P+]2=C([Si](C)(C)C)P(c3c(C(C)(C)C)cc(C(C)(C)C)cc3C(C)(C)C)C2)C(C(C)(C)C)=C1. The summed E-state index contributed by atoms with van der Waals surface area (Å²) in [7, 11) is -2.25. The molecule has 1 aromatic carbocycles. The standard InChI is InChI=1S/C41H70P2Si/c1-36(2,3)27-22-29(38(7,8)9)33(30(23-27)39(10,11)12)42-26-43(35(42)44(19,20)21)34-31(40(13,14)15)24-28(37(4,5)6)25-32(34)41(16,17)18/h22-25,29H,26H2,1-21H3. The van der Waals surface area contributed by atoms with E-state index >= 15 is 0 Å². The Morgan fingerprint density at radius 1 is 0.659 bits per heavy atom. The molecule has 0 nitrogen and oxygen atoms in total. The van der Waals surface area contributed by atoms with E-state index in [1.807, 2.05) is 10.3 Å². The van der Waals surface area contributed by atoms with Crippen molar-refractivity contribution in [1.82, 2.24) is 0 Å². The summed E-state index contributed by atoms with van der Waals surface area (Å²) in [6, 6.07) is 5.25. The van der Waals surface area contributed by atoms with Crippen molar-refractivity contribution in [3.05, 3.63) is 57.8 Å². The molecule has 0 radical (unpaired) electrons. The van der Waals surface area contributed by atoms with Crippen LogP contribution in [-0.4, -0.2) is 18.6 Å². The highest BCUT2D eigenvalue weighted by Gasteiger charge is 2.54. The highest BCUT2D eigenvalue weighted by Crippen LogP contribution is 2.73. The van der Waals surface area contributed by atoms with Crippen LogP contribution in [0.5, 0.6) is 0 Å². The number of benzene rings is 1. The predicted molar refractivity (Wildman–Crippen MR) is 210 cm³/mol. The van der Waals surface area contributed by atoms with E-state index in [1.54, 1.807) is 22.0 Å². The summed E-state index contributed by atoms with van der Waals surface area (Å²) in [6.45, 7) is 52.0. The molecular weight excluding hydrogens is 582 g/mol. The van der Waals surface area contributed by atoms with Crippen molar-refractivity contribution in [2.45, 2.75) is 161 Å². The first-order chi connectivity index (χ1) is 19.3. The minimum Gasteiger partial charge on any atom is -0.199 e. The summed E-state index contributed by atoms with van der Waals surface area (Å²) in [5.74, 6) is 1.86. The minimum atomic E-state index is -1.61. The molecule has 2 aliphatic rings. The maximum absolute atomic E-state index is 2.70. The lowest BCUT2D eigenvalue weighted by Crippen LogP contribution is -2.44. The van der Waals surface area contributed by atoms with Crippen molar-refractivity contribution in [3.63, 3.8) is 0 Å². The number of hydrogen-bond acceptors (Lipinski definition) is 0. The highest BCUT2D eigenvalue weighted by atomic mass is 31.2. The van der Waals surface area contributed by atoms with Gasteiger partial charge in [0.2, 0.25) is 0 Å². The second kappa shape index (κ2) is 11.5. The fraction of sp³-hybridized carbons (Fsp3) is 0.707. The topological polar surface area (TPSA) is 0 Å². The van der Waals surface area contributed by atoms with Crippen LogP contribution in [0.2, 0.25) is 19.6 Å². The highest BCUT2D eigenvalue weighted by molar-refractivity contribution is 8.12. The first kappa shape index (κ1) is 37.8. The summed E-state index contributed by atoms with van der Waals surface area (Å²) in [5, 5.41) is 1.75.